The largest absolute Gasteiger partial charge is 0.370 e. The van der Waals surface area contributed by atoms with E-state index >= 15 is 0 Å². The summed E-state index contributed by atoms with van der Waals surface area (Å²) in [6, 6.07) is 8.11. The molecular formula is C26H37N5OS2. The van der Waals surface area contributed by atoms with Crippen LogP contribution in [0.4, 0.5) is 11.4 Å². The van der Waals surface area contributed by atoms with E-state index in [0.29, 0.717) is 11.6 Å². The van der Waals surface area contributed by atoms with Crippen molar-refractivity contribution in [1.82, 2.24) is 15.2 Å². The first kappa shape index (κ1) is 24.9. The number of para-hydroxylation sites is 2. The van der Waals surface area contributed by atoms with Crippen molar-refractivity contribution in [2.45, 2.75) is 64.2 Å². The average molecular weight is 500 g/mol. The van der Waals surface area contributed by atoms with Gasteiger partial charge in [-0.2, -0.15) is 0 Å². The highest BCUT2D eigenvalue weighted by atomic mass is 32.1. The quantitative estimate of drug-likeness (QED) is 0.363. The van der Waals surface area contributed by atoms with Crippen LogP contribution in [0.3, 0.4) is 0 Å². The third-order valence-corrected chi connectivity index (χ3v) is 8.20. The number of carbonyl (C=O) groups excluding carboxylic acids is 1. The average Bonchev–Trinajstić information content (AvgIpc) is 3.38. The molecule has 2 aromatic rings. The number of carbonyl (C=O) groups is 1. The van der Waals surface area contributed by atoms with Gasteiger partial charge < -0.3 is 20.4 Å². The Kier molecular flexibility index (Phi) is 9.16. The van der Waals surface area contributed by atoms with Crippen LogP contribution in [-0.2, 0) is 0 Å². The third kappa shape index (κ3) is 6.48. The van der Waals surface area contributed by atoms with Gasteiger partial charge >= 0.3 is 0 Å². The number of unbranched alkanes of at least 4 members (excludes halogenated alkanes) is 2. The van der Waals surface area contributed by atoms with Gasteiger partial charge in [-0.25, -0.2) is 4.98 Å². The Morgan fingerprint density at radius 2 is 1.88 bits per heavy atom. The number of hydrogen-bond acceptors (Lipinski definition) is 5. The summed E-state index contributed by atoms with van der Waals surface area (Å²) in [4.78, 5) is 22.4. The van der Waals surface area contributed by atoms with E-state index in [1.165, 1.54) is 38.5 Å². The van der Waals surface area contributed by atoms with Crippen molar-refractivity contribution in [2.24, 2.45) is 0 Å². The zero-order chi connectivity index (χ0) is 23.8. The van der Waals surface area contributed by atoms with Gasteiger partial charge in [-0.1, -0.05) is 31.9 Å². The summed E-state index contributed by atoms with van der Waals surface area (Å²) < 4.78 is 0. The highest BCUT2D eigenvalue weighted by Gasteiger charge is 2.25. The van der Waals surface area contributed by atoms with Gasteiger partial charge in [-0.15, -0.1) is 11.3 Å². The molecule has 4 rings (SSSR count). The number of nitrogens with one attached hydrogen (secondary N) is 2. The lowest BCUT2D eigenvalue weighted by atomic mass is 9.98. The molecule has 0 radical (unpaired) electrons. The highest BCUT2D eigenvalue weighted by Crippen LogP contribution is 2.32. The predicted octanol–water partition coefficient (Wildman–Crippen LogP) is 5.63. The van der Waals surface area contributed by atoms with Crippen molar-refractivity contribution >= 4 is 45.9 Å². The fourth-order valence-electron chi connectivity index (χ4n) is 4.77. The number of benzene rings is 1. The van der Waals surface area contributed by atoms with Crippen LogP contribution in [0.15, 0.2) is 29.6 Å². The minimum atomic E-state index is -0.123. The second kappa shape index (κ2) is 12.5. The maximum atomic E-state index is 13.0. The number of aromatic nitrogens is 1. The molecule has 0 aliphatic carbocycles. The summed E-state index contributed by atoms with van der Waals surface area (Å²) in [6.45, 7) is 7.14. The van der Waals surface area contributed by atoms with Crippen molar-refractivity contribution in [3.05, 3.63) is 40.3 Å². The molecule has 1 aromatic carbocycles. The van der Waals surface area contributed by atoms with E-state index in [1.807, 2.05) is 23.6 Å². The van der Waals surface area contributed by atoms with Crippen molar-refractivity contribution in [2.75, 3.05) is 42.9 Å². The summed E-state index contributed by atoms with van der Waals surface area (Å²) in [5, 5.41) is 10.4. The van der Waals surface area contributed by atoms with Gasteiger partial charge in [-0.05, 0) is 62.9 Å². The van der Waals surface area contributed by atoms with E-state index in [2.05, 4.69) is 33.4 Å². The molecule has 1 aromatic heterocycles. The zero-order valence-electron chi connectivity index (χ0n) is 20.2. The first-order chi connectivity index (χ1) is 16.7. The lowest BCUT2D eigenvalue weighted by Gasteiger charge is -2.33. The number of anilines is 2. The summed E-state index contributed by atoms with van der Waals surface area (Å²) in [7, 11) is 0. The van der Waals surface area contributed by atoms with E-state index in [4.69, 9.17) is 17.2 Å². The number of piperidine rings is 2. The third-order valence-electron chi connectivity index (χ3n) is 6.79. The van der Waals surface area contributed by atoms with Gasteiger partial charge in [0, 0.05) is 44.0 Å². The fourth-order valence-corrected chi connectivity index (χ4v) is 6.02. The van der Waals surface area contributed by atoms with Gasteiger partial charge in [0.25, 0.3) is 5.91 Å². The van der Waals surface area contributed by atoms with Gasteiger partial charge in [0.15, 0.2) is 5.11 Å². The van der Waals surface area contributed by atoms with E-state index in [-0.39, 0.29) is 5.91 Å². The molecule has 0 bridgehead atoms. The number of hydrogen-bond donors (Lipinski definition) is 2. The van der Waals surface area contributed by atoms with Crippen molar-refractivity contribution in [3.8, 4) is 0 Å². The van der Waals surface area contributed by atoms with Crippen LogP contribution in [0.1, 0.15) is 79.7 Å². The second-order valence-corrected chi connectivity index (χ2v) is 10.6. The molecule has 0 unspecified atom stereocenters. The smallest absolute Gasteiger partial charge is 0.275 e. The molecule has 0 saturated carbocycles. The monoisotopic (exact) mass is 499 g/mol. The van der Waals surface area contributed by atoms with Crippen molar-refractivity contribution < 1.29 is 4.79 Å². The summed E-state index contributed by atoms with van der Waals surface area (Å²) in [5.41, 5.74) is 2.50. The van der Waals surface area contributed by atoms with Crippen LogP contribution < -0.4 is 15.5 Å². The van der Waals surface area contributed by atoms with Crippen LogP contribution in [0.25, 0.3) is 0 Å². The maximum Gasteiger partial charge on any atom is 0.275 e. The molecule has 34 heavy (non-hydrogen) atoms. The van der Waals surface area contributed by atoms with Crippen LogP contribution in [0, 0.1) is 0 Å². The zero-order valence-corrected chi connectivity index (χ0v) is 21.9. The van der Waals surface area contributed by atoms with Gasteiger partial charge in [0.2, 0.25) is 0 Å². The SMILES string of the molecule is CCCCCNC(=S)N1CCC(c2nc(C(=O)Nc3ccccc3N3CCCCC3)cs2)CC1. The van der Waals surface area contributed by atoms with Gasteiger partial charge in [0.1, 0.15) is 5.69 Å². The second-order valence-electron chi connectivity index (χ2n) is 9.29. The fraction of sp³-hybridized carbons (Fsp3) is 0.577. The molecule has 2 saturated heterocycles. The minimum absolute atomic E-state index is 0.123. The number of nitrogens with zero attached hydrogens (tertiary/aromatic N) is 3. The standard InChI is InChI=1S/C26H37N5OS2/c1-2-3-7-14-27-26(33)31-17-12-20(13-18-31)25-29-22(19-34-25)24(32)28-21-10-5-6-11-23(21)30-15-8-4-9-16-30/h5-6,10-11,19-20H,2-4,7-9,12-18H2,1H3,(H,27,33)(H,28,32). The normalized spacial score (nSPS) is 17.0. The van der Waals surface area contributed by atoms with E-state index in [1.54, 1.807) is 11.3 Å². The van der Waals surface area contributed by atoms with Gasteiger partial charge in [-0.3, -0.25) is 4.79 Å². The molecule has 2 aliphatic heterocycles. The number of likely N-dealkylation sites (tertiary alicyclic amines) is 1. The van der Waals surface area contributed by atoms with Crippen LogP contribution in [0.5, 0.6) is 0 Å². The Balaban J connectivity index is 1.30. The maximum absolute atomic E-state index is 13.0. The molecule has 1 amide bonds. The van der Waals surface area contributed by atoms with E-state index in [0.717, 1.165) is 67.1 Å². The number of thiocarbonyl (C=S) groups is 1. The highest BCUT2D eigenvalue weighted by molar-refractivity contribution is 7.80. The summed E-state index contributed by atoms with van der Waals surface area (Å²) in [5.74, 6) is 0.271. The lowest BCUT2D eigenvalue weighted by Crippen LogP contribution is -2.44. The molecule has 6 nitrogen and oxygen atoms in total. The first-order valence-corrected chi connectivity index (χ1v) is 14.1. The molecule has 2 fully saturated rings. The molecule has 184 valence electrons. The Morgan fingerprint density at radius 1 is 1.12 bits per heavy atom. The summed E-state index contributed by atoms with van der Waals surface area (Å²) in [6.07, 6.45) is 9.35. The minimum Gasteiger partial charge on any atom is -0.370 e. The Morgan fingerprint density at radius 3 is 2.65 bits per heavy atom. The lowest BCUT2D eigenvalue weighted by molar-refractivity contribution is 0.102. The molecule has 0 spiro atoms. The van der Waals surface area contributed by atoms with Crippen molar-refractivity contribution in [3.63, 3.8) is 0 Å². The Bertz CT molecular complexity index is 948. The van der Waals surface area contributed by atoms with E-state index in [9.17, 15) is 4.79 Å². The van der Waals surface area contributed by atoms with Gasteiger partial charge in [0.05, 0.1) is 16.4 Å². The topological polar surface area (TPSA) is 60.5 Å². The van der Waals surface area contributed by atoms with Crippen LogP contribution in [0.2, 0.25) is 0 Å². The Labute approximate surface area is 213 Å². The molecule has 8 heteroatoms. The molecule has 2 aliphatic rings. The summed E-state index contributed by atoms with van der Waals surface area (Å²) >= 11 is 7.19. The Hall–Kier alpha value is -2.19. The van der Waals surface area contributed by atoms with Crippen LogP contribution >= 0.6 is 23.6 Å². The van der Waals surface area contributed by atoms with Crippen LogP contribution in [-0.4, -0.2) is 53.6 Å². The number of rotatable bonds is 8. The van der Waals surface area contributed by atoms with E-state index < -0.39 is 0 Å². The molecule has 2 N–H and O–H groups in total. The molecule has 0 atom stereocenters. The molecular weight excluding hydrogens is 462 g/mol. The number of amides is 1. The number of thiazole rings is 1. The predicted molar refractivity (Wildman–Crippen MR) is 146 cm³/mol. The molecule has 3 heterocycles. The van der Waals surface area contributed by atoms with Crippen molar-refractivity contribution in [1.29, 1.82) is 0 Å². The first-order valence-electron chi connectivity index (χ1n) is 12.8.